The van der Waals surface area contributed by atoms with E-state index in [2.05, 4.69) is 6.07 Å². The van der Waals surface area contributed by atoms with Crippen LogP contribution >= 0.6 is 0 Å². The lowest BCUT2D eigenvalue weighted by atomic mass is 10.1. The number of likely N-dealkylation sites (N-methyl/N-ethyl adjacent to an activating group) is 1. The van der Waals surface area contributed by atoms with Crippen molar-refractivity contribution in [1.29, 1.82) is 0 Å². The van der Waals surface area contributed by atoms with E-state index < -0.39 is 5.97 Å². The van der Waals surface area contributed by atoms with Crippen LogP contribution in [0.1, 0.15) is 16.7 Å². The van der Waals surface area contributed by atoms with Gasteiger partial charge in [0.05, 0.1) is 7.11 Å². The van der Waals surface area contributed by atoms with E-state index >= 15 is 0 Å². The molecule has 0 heterocycles. The molecule has 0 aliphatic heterocycles. The molecule has 2 aromatic carbocycles. The van der Waals surface area contributed by atoms with Crippen LogP contribution in [0, 0.1) is 13.8 Å². The molecule has 0 saturated carbocycles. The van der Waals surface area contributed by atoms with E-state index in [-0.39, 0.29) is 19.1 Å². The summed E-state index contributed by atoms with van der Waals surface area (Å²) in [5.41, 5.74) is 3.36. The average molecular weight is 371 g/mol. The Morgan fingerprint density at radius 2 is 1.63 bits per heavy atom. The normalized spacial score (nSPS) is 10.2. The first-order chi connectivity index (χ1) is 12.9. The quantitative estimate of drug-likeness (QED) is 0.668. The molecule has 0 bridgehead atoms. The number of hydrogen-bond acceptors (Lipinski definition) is 5. The number of ether oxygens (including phenoxy) is 3. The fourth-order valence-corrected chi connectivity index (χ4v) is 2.48. The summed E-state index contributed by atoms with van der Waals surface area (Å²) >= 11 is 0. The molecule has 0 fully saturated rings. The maximum atomic E-state index is 12.2. The van der Waals surface area contributed by atoms with Gasteiger partial charge in [0.2, 0.25) is 0 Å². The van der Waals surface area contributed by atoms with Crippen LogP contribution in [0.4, 0.5) is 0 Å². The van der Waals surface area contributed by atoms with Crippen molar-refractivity contribution in [2.45, 2.75) is 20.4 Å². The van der Waals surface area contributed by atoms with E-state index in [1.807, 2.05) is 26.0 Å². The van der Waals surface area contributed by atoms with Crippen molar-refractivity contribution in [2.24, 2.45) is 0 Å². The molecule has 0 N–H and O–H groups in total. The van der Waals surface area contributed by atoms with Crippen LogP contribution in [-0.2, 0) is 20.9 Å². The summed E-state index contributed by atoms with van der Waals surface area (Å²) < 4.78 is 15.4. The van der Waals surface area contributed by atoms with Crippen molar-refractivity contribution in [3.8, 4) is 11.5 Å². The minimum Gasteiger partial charge on any atom is -0.497 e. The molecule has 0 aliphatic carbocycles. The number of hydrogen-bond donors (Lipinski definition) is 0. The third-order valence-electron chi connectivity index (χ3n) is 4.10. The van der Waals surface area contributed by atoms with Crippen molar-refractivity contribution >= 4 is 11.9 Å². The van der Waals surface area contributed by atoms with E-state index in [0.29, 0.717) is 18.0 Å². The number of rotatable bonds is 8. The number of esters is 1. The molecule has 1 amide bonds. The molecule has 0 saturated heterocycles. The smallest absolute Gasteiger partial charge is 0.344 e. The Hall–Kier alpha value is -3.02. The third kappa shape index (κ3) is 6.33. The molecule has 0 atom stereocenters. The van der Waals surface area contributed by atoms with Crippen LogP contribution in [0.3, 0.4) is 0 Å². The summed E-state index contributed by atoms with van der Waals surface area (Å²) in [5, 5.41) is 0. The molecule has 0 aromatic heterocycles. The predicted molar refractivity (Wildman–Crippen MR) is 102 cm³/mol. The number of methoxy groups -OCH3 is 1. The van der Waals surface area contributed by atoms with Gasteiger partial charge in [0.1, 0.15) is 11.5 Å². The van der Waals surface area contributed by atoms with Crippen LogP contribution in [0.2, 0.25) is 0 Å². The summed E-state index contributed by atoms with van der Waals surface area (Å²) in [6, 6.07) is 12.9. The summed E-state index contributed by atoms with van der Waals surface area (Å²) in [6.45, 7) is 3.92. The number of amides is 1. The molecular formula is C21H25NO5. The predicted octanol–water partition coefficient (Wildman–Crippen LogP) is 2.89. The highest BCUT2D eigenvalue weighted by Gasteiger charge is 2.14. The Balaban J connectivity index is 1.75. The van der Waals surface area contributed by atoms with Gasteiger partial charge in [-0.05, 0) is 49.2 Å². The second-order valence-electron chi connectivity index (χ2n) is 6.30. The summed E-state index contributed by atoms with van der Waals surface area (Å²) in [7, 11) is 3.25. The molecule has 6 heteroatoms. The molecule has 2 aromatic rings. The number of benzene rings is 2. The van der Waals surface area contributed by atoms with Crippen LogP contribution in [0.25, 0.3) is 0 Å². The van der Waals surface area contributed by atoms with E-state index in [9.17, 15) is 9.59 Å². The van der Waals surface area contributed by atoms with Crippen molar-refractivity contribution in [2.75, 3.05) is 27.4 Å². The van der Waals surface area contributed by atoms with Crippen molar-refractivity contribution in [1.82, 2.24) is 4.90 Å². The molecule has 0 radical (unpaired) electrons. The standard InChI is InChI=1S/C21H25NO5/c1-15-5-6-17(16(2)11-15)12-22(3)20(23)13-27-21(24)14-26-19-9-7-18(25-4)8-10-19/h5-11H,12-14H2,1-4H3. The maximum absolute atomic E-state index is 12.2. The minimum absolute atomic E-state index is 0.263. The van der Waals surface area contributed by atoms with E-state index in [1.165, 1.54) is 10.5 Å². The van der Waals surface area contributed by atoms with Gasteiger partial charge >= 0.3 is 5.97 Å². The van der Waals surface area contributed by atoms with E-state index in [1.54, 1.807) is 38.4 Å². The lowest BCUT2D eigenvalue weighted by molar-refractivity contribution is -0.153. The van der Waals surface area contributed by atoms with Crippen LogP contribution in [-0.4, -0.2) is 44.1 Å². The SMILES string of the molecule is COc1ccc(OCC(=O)OCC(=O)N(C)Cc2ccc(C)cc2C)cc1. The Kier molecular flexibility index (Phi) is 7.23. The van der Waals surface area contributed by atoms with Crippen LogP contribution < -0.4 is 9.47 Å². The average Bonchev–Trinajstić information content (AvgIpc) is 2.66. The summed E-state index contributed by atoms with van der Waals surface area (Å²) in [6.07, 6.45) is 0. The monoisotopic (exact) mass is 371 g/mol. The summed E-state index contributed by atoms with van der Waals surface area (Å²) in [4.78, 5) is 25.5. The van der Waals surface area contributed by atoms with Gasteiger partial charge in [-0.2, -0.15) is 0 Å². The first-order valence-electron chi connectivity index (χ1n) is 8.61. The van der Waals surface area contributed by atoms with Crippen molar-refractivity contribution in [3.63, 3.8) is 0 Å². The molecule has 0 aliphatic rings. The van der Waals surface area contributed by atoms with Crippen molar-refractivity contribution in [3.05, 3.63) is 59.2 Å². The highest BCUT2D eigenvalue weighted by molar-refractivity contribution is 5.80. The van der Waals surface area contributed by atoms with Gasteiger partial charge in [-0.15, -0.1) is 0 Å². The fraction of sp³-hybridized carbons (Fsp3) is 0.333. The first kappa shape index (κ1) is 20.3. The van der Waals surface area contributed by atoms with Crippen LogP contribution in [0.5, 0.6) is 11.5 Å². The Morgan fingerprint density at radius 3 is 2.26 bits per heavy atom. The van der Waals surface area contributed by atoms with Gasteiger partial charge in [0.15, 0.2) is 13.2 Å². The third-order valence-corrected chi connectivity index (χ3v) is 4.10. The zero-order valence-electron chi connectivity index (χ0n) is 16.2. The second-order valence-corrected chi connectivity index (χ2v) is 6.30. The first-order valence-corrected chi connectivity index (χ1v) is 8.61. The highest BCUT2D eigenvalue weighted by atomic mass is 16.6. The molecular weight excluding hydrogens is 346 g/mol. The molecule has 0 spiro atoms. The Morgan fingerprint density at radius 1 is 0.963 bits per heavy atom. The van der Waals surface area contributed by atoms with Gasteiger partial charge in [-0.1, -0.05) is 23.8 Å². The van der Waals surface area contributed by atoms with Gasteiger partial charge in [0, 0.05) is 13.6 Å². The molecule has 6 nitrogen and oxygen atoms in total. The number of carbonyl (C=O) groups is 2. The number of carbonyl (C=O) groups excluding carboxylic acids is 2. The minimum atomic E-state index is -0.598. The van der Waals surface area contributed by atoms with Gasteiger partial charge in [-0.25, -0.2) is 4.79 Å². The molecule has 144 valence electrons. The maximum Gasteiger partial charge on any atom is 0.344 e. The number of aryl methyl sites for hydroxylation is 2. The molecule has 27 heavy (non-hydrogen) atoms. The lowest BCUT2D eigenvalue weighted by Gasteiger charge is -2.18. The highest BCUT2D eigenvalue weighted by Crippen LogP contribution is 2.17. The van der Waals surface area contributed by atoms with Gasteiger partial charge in [0.25, 0.3) is 5.91 Å². The topological polar surface area (TPSA) is 65.1 Å². The fourth-order valence-electron chi connectivity index (χ4n) is 2.48. The largest absolute Gasteiger partial charge is 0.497 e. The Labute approximate surface area is 159 Å². The molecule has 0 unspecified atom stereocenters. The zero-order valence-corrected chi connectivity index (χ0v) is 16.2. The zero-order chi connectivity index (χ0) is 19.8. The van der Waals surface area contributed by atoms with Gasteiger partial charge in [-0.3, -0.25) is 4.79 Å². The van der Waals surface area contributed by atoms with E-state index in [0.717, 1.165) is 11.1 Å². The summed E-state index contributed by atoms with van der Waals surface area (Å²) in [5.74, 6) is 0.347. The van der Waals surface area contributed by atoms with Gasteiger partial charge < -0.3 is 19.1 Å². The Bertz CT molecular complexity index is 786. The molecule has 2 rings (SSSR count). The lowest BCUT2D eigenvalue weighted by Crippen LogP contribution is -2.31. The van der Waals surface area contributed by atoms with Crippen LogP contribution in [0.15, 0.2) is 42.5 Å². The van der Waals surface area contributed by atoms with E-state index in [4.69, 9.17) is 14.2 Å². The number of nitrogens with zero attached hydrogens (tertiary/aromatic N) is 1. The van der Waals surface area contributed by atoms with Crippen molar-refractivity contribution < 1.29 is 23.8 Å². The second kappa shape index (κ2) is 9.62.